The molecule has 0 saturated heterocycles. The Morgan fingerprint density at radius 2 is 1.57 bits per heavy atom. The molecule has 0 heterocycles. The van der Waals surface area contributed by atoms with Crippen LogP contribution in [-0.4, -0.2) is 11.0 Å². The minimum absolute atomic E-state index is 0.104. The Hall–Kier alpha value is -0.760. The minimum Gasteiger partial charge on any atom is -0.299 e. The fourth-order valence-corrected chi connectivity index (χ4v) is 4.00. The smallest absolute Gasteiger partial charge is 0.139 e. The molecule has 118 valence electrons. The van der Waals surface area contributed by atoms with Crippen molar-refractivity contribution in [1.82, 2.24) is 0 Å². The topological polar surface area (TPSA) is 17.1 Å². The fraction of sp³-hybridized carbons (Fsp3) is 0.632. The molecule has 2 unspecified atom stereocenters. The average Bonchev–Trinajstić information content (AvgIpc) is 2.42. The number of hydrogen-bond acceptors (Lipinski definition) is 2. The Morgan fingerprint density at radius 1 is 1.00 bits per heavy atom. The summed E-state index contributed by atoms with van der Waals surface area (Å²) in [5, 5.41) is 0.785. The van der Waals surface area contributed by atoms with Crippen LogP contribution in [0.2, 0.25) is 0 Å². The molecule has 0 N–H and O–H groups in total. The van der Waals surface area contributed by atoms with Gasteiger partial charge in [-0.25, -0.2) is 0 Å². The van der Waals surface area contributed by atoms with Gasteiger partial charge in [-0.3, -0.25) is 4.79 Å². The van der Waals surface area contributed by atoms with Crippen molar-refractivity contribution in [2.75, 3.05) is 0 Å². The van der Waals surface area contributed by atoms with E-state index in [2.05, 4.69) is 52.0 Å². The van der Waals surface area contributed by atoms with Gasteiger partial charge in [0.25, 0.3) is 0 Å². The number of carbonyl (C=O) groups is 1. The number of thioether (sulfide) groups is 1. The zero-order chi connectivity index (χ0) is 16.0. The highest BCUT2D eigenvalue weighted by atomic mass is 32.2. The van der Waals surface area contributed by atoms with Crippen LogP contribution in [0.4, 0.5) is 0 Å². The third-order valence-corrected chi connectivity index (χ3v) is 5.01. The Bertz CT molecular complexity index is 422. The molecule has 0 saturated carbocycles. The lowest BCUT2D eigenvalue weighted by molar-refractivity contribution is -0.126. The van der Waals surface area contributed by atoms with E-state index in [0.29, 0.717) is 17.0 Å². The van der Waals surface area contributed by atoms with E-state index in [4.69, 9.17) is 0 Å². The van der Waals surface area contributed by atoms with Crippen LogP contribution in [0, 0.1) is 17.8 Å². The highest BCUT2D eigenvalue weighted by molar-refractivity contribution is 8.00. The van der Waals surface area contributed by atoms with Crippen molar-refractivity contribution in [3.8, 4) is 0 Å². The lowest BCUT2D eigenvalue weighted by atomic mass is 9.83. The standard InChI is InChI=1S/C19H30OS/c1-13(2)12-17(18(20)14(3)4)19(21-15(5)6)16-10-8-7-9-11-16/h7-11,13-15,17,19H,12H2,1-6H3. The molecular weight excluding hydrogens is 276 g/mol. The van der Waals surface area contributed by atoms with Crippen LogP contribution in [0.5, 0.6) is 0 Å². The SMILES string of the molecule is CC(C)CC(C(=O)C(C)C)C(SC(C)C)c1ccccc1. The van der Waals surface area contributed by atoms with Crippen molar-refractivity contribution >= 4 is 17.5 Å². The lowest BCUT2D eigenvalue weighted by Crippen LogP contribution is -2.27. The van der Waals surface area contributed by atoms with Gasteiger partial charge in [-0.15, -0.1) is 0 Å². The van der Waals surface area contributed by atoms with Gasteiger partial charge in [0.1, 0.15) is 5.78 Å². The van der Waals surface area contributed by atoms with Crippen LogP contribution < -0.4 is 0 Å². The maximum Gasteiger partial charge on any atom is 0.139 e. The molecule has 1 nitrogen and oxygen atoms in total. The molecule has 0 spiro atoms. The molecule has 2 atom stereocenters. The molecule has 1 aromatic rings. The molecule has 0 amide bonds. The molecule has 0 bridgehead atoms. The molecule has 0 aliphatic carbocycles. The molecule has 1 rings (SSSR count). The first-order valence-corrected chi connectivity index (χ1v) is 9.01. The second-order valence-corrected chi connectivity index (χ2v) is 8.53. The Labute approximate surface area is 134 Å². The maximum atomic E-state index is 12.8. The Morgan fingerprint density at radius 3 is 2.00 bits per heavy atom. The summed E-state index contributed by atoms with van der Waals surface area (Å²) in [6.07, 6.45) is 0.969. The van der Waals surface area contributed by atoms with Gasteiger partial charge in [0.2, 0.25) is 0 Å². The van der Waals surface area contributed by atoms with E-state index in [9.17, 15) is 4.79 Å². The van der Waals surface area contributed by atoms with E-state index < -0.39 is 0 Å². The van der Waals surface area contributed by atoms with Gasteiger partial charge in [0.05, 0.1) is 0 Å². The number of carbonyl (C=O) groups excluding carboxylic acids is 1. The second kappa shape index (κ2) is 8.63. The van der Waals surface area contributed by atoms with Crippen LogP contribution in [-0.2, 0) is 4.79 Å². The number of benzene rings is 1. The summed E-state index contributed by atoms with van der Waals surface area (Å²) < 4.78 is 0. The normalized spacial score (nSPS) is 14.7. The summed E-state index contributed by atoms with van der Waals surface area (Å²) in [5.74, 6) is 1.16. The van der Waals surface area contributed by atoms with E-state index in [1.807, 2.05) is 31.7 Å². The molecule has 0 aliphatic heterocycles. The van der Waals surface area contributed by atoms with Crippen molar-refractivity contribution < 1.29 is 4.79 Å². The molecule has 0 aliphatic rings. The van der Waals surface area contributed by atoms with E-state index in [0.717, 1.165) is 6.42 Å². The fourth-order valence-electron chi connectivity index (χ4n) is 2.67. The zero-order valence-electron chi connectivity index (χ0n) is 14.3. The maximum absolute atomic E-state index is 12.8. The third-order valence-electron chi connectivity index (χ3n) is 3.57. The first-order valence-electron chi connectivity index (χ1n) is 8.07. The van der Waals surface area contributed by atoms with Gasteiger partial charge in [-0.1, -0.05) is 71.9 Å². The van der Waals surface area contributed by atoms with Gasteiger partial charge >= 0.3 is 0 Å². The van der Waals surface area contributed by atoms with E-state index >= 15 is 0 Å². The monoisotopic (exact) mass is 306 g/mol. The molecule has 1 aromatic carbocycles. The van der Waals surface area contributed by atoms with Gasteiger partial charge in [-0.2, -0.15) is 11.8 Å². The molecule has 0 fully saturated rings. The first-order chi connectivity index (χ1) is 9.82. The second-order valence-electron chi connectivity index (χ2n) is 6.81. The number of rotatable bonds is 8. The van der Waals surface area contributed by atoms with Crippen molar-refractivity contribution in [3.63, 3.8) is 0 Å². The summed E-state index contributed by atoms with van der Waals surface area (Å²) in [6.45, 7) is 12.9. The molecular formula is C19H30OS. The van der Waals surface area contributed by atoms with Gasteiger partial charge in [-0.05, 0) is 23.2 Å². The molecule has 0 aromatic heterocycles. The third kappa shape index (κ3) is 5.86. The molecule has 21 heavy (non-hydrogen) atoms. The zero-order valence-corrected chi connectivity index (χ0v) is 15.1. The summed E-state index contributed by atoms with van der Waals surface area (Å²) in [6, 6.07) is 10.5. The molecule has 2 heteroatoms. The predicted octanol–water partition coefficient (Wildman–Crippen LogP) is 5.76. The van der Waals surface area contributed by atoms with Crippen LogP contribution in [0.3, 0.4) is 0 Å². The van der Waals surface area contributed by atoms with Crippen LogP contribution in [0.1, 0.15) is 58.8 Å². The minimum atomic E-state index is 0.104. The first kappa shape index (κ1) is 18.3. The Kier molecular flexibility index (Phi) is 7.51. The van der Waals surface area contributed by atoms with Crippen molar-refractivity contribution in [2.45, 2.75) is 58.5 Å². The summed E-state index contributed by atoms with van der Waals surface area (Å²) in [7, 11) is 0. The summed E-state index contributed by atoms with van der Waals surface area (Å²) in [5.41, 5.74) is 1.29. The molecule has 0 radical (unpaired) electrons. The summed E-state index contributed by atoms with van der Waals surface area (Å²) >= 11 is 1.93. The van der Waals surface area contributed by atoms with E-state index in [1.54, 1.807) is 0 Å². The quantitative estimate of drug-likeness (QED) is 0.607. The van der Waals surface area contributed by atoms with Crippen LogP contribution in [0.25, 0.3) is 0 Å². The highest BCUT2D eigenvalue weighted by Crippen LogP contribution is 2.42. The van der Waals surface area contributed by atoms with Gasteiger partial charge in [0.15, 0.2) is 0 Å². The average molecular weight is 307 g/mol. The number of hydrogen-bond donors (Lipinski definition) is 0. The highest BCUT2D eigenvalue weighted by Gasteiger charge is 2.32. The van der Waals surface area contributed by atoms with Crippen molar-refractivity contribution in [3.05, 3.63) is 35.9 Å². The lowest BCUT2D eigenvalue weighted by Gasteiger charge is -2.30. The number of Topliss-reactive ketones (excluding diaryl/α,β-unsaturated/α-hetero) is 1. The van der Waals surface area contributed by atoms with Crippen molar-refractivity contribution in [2.24, 2.45) is 17.8 Å². The van der Waals surface area contributed by atoms with Crippen LogP contribution in [0.15, 0.2) is 30.3 Å². The Balaban J connectivity index is 3.13. The summed E-state index contributed by atoms with van der Waals surface area (Å²) in [4.78, 5) is 12.8. The number of ketones is 1. The van der Waals surface area contributed by atoms with Gasteiger partial charge < -0.3 is 0 Å². The van der Waals surface area contributed by atoms with Crippen molar-refractivity contribution in [1.29, 1.82) is 0 Å². The largest absolute Gasteiger partial charge is 0.299 e. The van der Waals surface area contributed by atoms with E-state index in [1.165, 1.54) is 5.56 Å². The predicted molar refractivity (Wildman–Crippen MR) is 94.7 cm³/mol. The van der Waals surface area contributed by atoms with E-state index in [-0.39, 0.29) is 17.1 Å². The van der Waals surface area contributed by atoms with Gasteiger partial charge in [0, 0.05) is 17.1 Å². The van der Waals surface area contributed by atoms with Crippen LogP contribution >= 0.6 is 11.8 Å².